The molecule has 0 aromatic heterocycles. The van der Waals surface area contributed by atoms with E-state index in [1.54, 1.807) is 24.3 Å². The van der Waals surface area contributed by atoms with Gasteiger partial charge in [-0.2, -0.15) is 0 Å². The predicted molar refractivity (Wildman–Crippen MR) is 70.2 cm³/mol. The van der Waals surface area contributed by atoms with Gasteiger partial charge in [-0.3, -0.25) is 0 Å². The number of hydrogen-bond donors (Lipinski definition) is 2. The van der Waals surface area contributed by atoms with Gasteiger partial charge in [0.2, 0.25) is 0 Å². The molecule has 4 nitrogen and oxygen atoms in total. The zero-order chi connectivity index (χ0) is 13.9. The Balaban J connectivity index is 3.13. The minimum Gasteiger partial charge on any atom is -0.465 e. The first-order valence-corrected chi connectivity index (χ1v) is 5.90. The lowest BCUT2D eigenvalue weighted by Crippen LogP contribution is -2.37. The predicted octanol–water partition coefficient (Wildman–Crippen LogP) is 1.88. The summed E-state index contributed by atoms with van der Waals surface area (Å²) in [5, 5.41) is 10.2. The standard InChI is InChI=1S/C14H21NO3/c1-14(2,3)12(16)11(15)9-7-5-6-8-10(9)13(17)18-4/h5-8,11-12,16H,15H2,1-4H3/t11-,12-/m0/s1. The van der Waals surface area contributed by atoms with Crippen LogP contribution in [0.4, 0.5) is 0 Å². The second-order valence-electron chi connectivity index (χ2n) is 5.42. The monoisotopic (exact) mass is 251 g/mol. The molecule has 4 heteroatoms. The molecule has 2 atom stereocenters. The fourth-order valence-corrected chi connectivity index (χ4v) is 1.79. The summed E-state index contributed by atoms with van der Waals surface area (Å²) < 4.78 is 4.72. The molecule has 0 aliphatic rings. The minimum atomic E-state index is -0.747. The van der Waals surface area contributed by atoms with E-state index in [2.05, 4.69) is 0 Å². The van der Waals surface area contributed by atoms with Crippen LogP contribution in [0.25, 0.3) is 0 Å². The van der Waals surface area contributed by atoms with Gasteiger partial charge in [-0.1, -0.05) is 39.0 Å². The van der Waals surface area contributed by atoms with Crippen molar-refractivity contribution in [2.45, 2.75) is 32.9 Å². The van der Waals surface area contributed by atoms with Gasteiger partial charge < -0.3 is 15.6 Å². The Morgan fingerprint density at radius 1 is 1.33 bits per heavy atom. The van der Waals surface area contributed by atoms with Crippen molar-refractivity contribution < 1.29 is 14.6 Å². The van der Waals surface area contributed by atoms with E-state index in [1.165, 1.54) is 7.11 Å². The molecule has 0 radical (unpaired) electrons. The van der Waals surface area contributed by atoms with Crippen LogP contribution in [-0.2, 0) is 4.74 Å². The summed E-state index contributed by atoms with van der Waals surface area (Å²) in [5.41, 5.74) is 6.70. The first-order valence-electron chi connectivity index (χ1n) is 5.90. The van der Waals surface area contributed by atoms with Gasteiger partial charge >= 0.3 is 5.97 Å². The van der Waals surface area contributed by atoms with E-state index in [0.29, 0.717) is 11.1 Å². The summed E-state index contributed by atoms with van der Waals surface area (Å²) in [4.78, 5) is 11.7. The molecular weight excluding hydrogens is 230 g/mol. The molecular formula is C14H21NO3. The van der Waals surface area contributed by atoms with Crippen molar-refractivity contribution in [1.29, 1.82) is 0 Å². The highest BCUT2D eigenvalue weighted by Gasteiger charge is 2.31. The number of aliphatic hydroxyl groups excluding tert-OH is 1. The molecule has 18 heavy (non-hydrogen) atoms. The third kappa shape index (κ3) is 3.09. The number of nitrogens with two attached hydrogens (primary N) is 1. The van der Waals surface area contributed by atoms with E-state index < -0.39 is 18.1 Å². The number of carbonyl (C=O) groups excluding carboxylic acids is 1. The van der Waals surface area contributed by atoms with Crippen LogP contribution in [0.15, 0.2) is 24.3 Å². The lowest BCUT2D eigenvalue weighted by molar-refractivity contribution is 0.0390. The molecule has 0 unspecified atom stereocenters. The quantitative estimate of drug-likeness (QED) is 0.804. The van der Waals surface area contributed by atoms with Crippen LogP contribution in [-0.4, -0.2) is 24.3 Å². The third-order valence-electron chi connectivity index (χ3n) is 2.95. The summed E-state index contributed by atoms with van der Waals surface area (Å²) >= 11 is 0. The molecule has 0 amide bonds. The Morgan fingerprint density at radius 3 is 2.39 bits per heavy atom. The SMILES string of the molecule is COC(=O)c1ccccc1[C@H](N)[C@H](O)C(C)(C)C. The molecule has 0 spiro atoms. The number of methoxy groups -OCH3 is 1. The Bertz CT molecular complexity index is 423. The summed E-state index contributed by atoms with van der Waals surface area (Å²) in [5.74, 6) is -0.442. The maximum absolute atomic E-state index is 11.7. The van der Waals surface area contributed by atoms with Crippen LogP contribution < -0.4 is 5.73 Å². The Hall–Kier alpha value is -1.39. The van der Waals surface area contributed by atoms with E-state index in [1.807, 2.05) is 20.8 Å². The fourth-order valence-electron chi connectivity index (χ4n) is 1.79. The molecule has 0 saturated heterocycles. The molecule has 0 fully saturated rings. The van der Waals surface area contributed by atoms with E-state index >= 15 is 0 Å². The van der Waals surface area contributed by atoms with Crippen molar-refractivity contribution in [1.82, 2.24) is 0 Å². The van der Waals surface area contributed by atoms with E-state index in [4.69, 9.17) is 10.5 Å². The molecule has 0 saturated carbocycles. The van der Waals surface area contributed by atoms with Crippen LogP contribution in [0.3, 0.4) is 0 Å². The molecule has 0 bridgehead atoms. The van der Waals surface area contributed by atoms with Crippen molar-refractivity contribution >= 4 is 5.97 Å². The first-order chi connectivity index (χ1) is 8.29. The Morgan fingerprint density at radius 2 is 1.89 bits per heavy atom. The van der Waals surface area contributed by atoms with E-state index in [-0.39, 0.29) is 5.41 Å². The molecule has 0 heterocycles. The normalized spacial score (nSPS) is 15.0. The summed E-state index contributed by atoms with van der Waals surface area (Å²) in [6, 6.07) is 6.30. The summed E-state index contributed by atoms with van der Waals surface area (Å²) in [7, 11) is 1.32. The Kier molecular flexibility index (Phi) is 4.48. The van der Waals surface area contributed by atoms with Crippen LogP contribution in [0.2, 0.25) is 0 Å². The van der Waals surface area contributed by atoms with Gasteiger partial charge in [0.15, 0.2) is 0 Å². The molecule has 1 aromatic carbocycles. The first kappa shape index (κ1) is 14.7. The number of carbonyl (C=O) groups is 1. The van der Waals surface area contributed by atoms with Gasteiger partial charge in [0.25, 0.3) is 0 Å². The van der Waals surface area contributed by atoms with Crippen molar-refractivity contribution in [2.24, 2.45) is 11.1 Å². The average molecular weight is 251 g/mol. The van der Waals surface area contributed by atoms with Crippen LogP contribution in [0.5, 0.6) is 0 Å². The zero-order valence-corrected chi connectivity index (χ0v) is 11.3. The van der Waals surface area contributed by atoms with Gasteiger partial charge in [0, 0.05) is 0 Å². The topological polar surface area (TPSA) is 72.5 Å². The highest BCUT2D eigenvalue weighted by atomic mass is 16.5. The van der Waals surface area contributed by atoms with Crippen molar-refractivity contribution in [3.8, 4) is 0 Å². The number of hydrogen-bond acceptors (Lipinski definition) is 4. The molecule has 3 N–H and O–H groups in total. The van der Waals surface area contributed by atoms with Crippen LogP contribution >= 0.6 is 0 Å². The van der Waals surface area contributed by atoms with Gasteiger partial charge in [0.1, 0.15) is 0 Å². The van der Waals surface area contributed by atoms with Crippen molar-refractivity contribution in [3.63, 3.8) is 0 Å². The highest BCUT2D eigenvalue weighted by Crippen LogP contribution is 2.30. The average Bonchev–Trinajstić information content (AvgIpc) is 2.35. The molecule has 0 aliphatic heterocycles. The number of ether oxygens (including phenoxy) is 1. The van der Waals surface area contributed by atoms with Gasteiger partial charge in [-0.25, -0.2) is 4.79 Å². The van der Waals surface area contributed by atoms with Crippen LogP contribution in [0.1, 0.15) is 42.7 Å². The smallest absolute Gasteiger partial charge is 0.338 e. The molecule has 1 rings (SSSR count). The lowest BCUT2D eigenvalue weighted by atomic mass is 9.81. The fraction of sp³-hybridized carbons (Fsp3) is 0.500. The highest BCUT2D eigenvalue weighted by molar-refractivity contribution is 5.91. The molecule has 100 valence electrons. The van der Waals surface area contributed by atoms with Crippen LogP contribution in [0, 0.1) is 5.41 Å². The minimum absolute atomic E-state index is 0.358. The second-order valence-corrected chi connectivity index (χ2v) is 5.42. The molecule has 1 aromatic rings. The summed E-state index contributed by atoms with van der Waals surface area (Å²) in [6.45, 7) is 5.70. The Labute approximate surface area is 108 Å². The van der Waals surface area contributed by atoms with Gasteiger partial charge in [-0.05, 0) is 17.0 Å². The summed E-state index contributed by atoms with van der Waals surface area (Å²) in [6.07, 6.45) is -0.747. The third-order valence-corrected chi connectivity index (χ3v) is 2.95. The van der Waals surface area contributed by atoms with Gasteiger partial charge in [0.05, 0.1) is 24.8 Å². The second kappa shape index (κ2) is 5.50. The lowest BCUT2D eigenvalue weighted by Gasteiger charge is -2.31. The maximum Gasteiger partial charge on any atom is 0.338 e. The van der Waals surface area contributed by atoms with E-state index in [0.717, 1.165) is 0 Å². The zero-order valence-electron chi connectivity index (χ0n) is 11.3. The van der Waals surface area contributed by atoms with Gasteiger partial charge in [-0.15, -0.1) is 0 Å². The van der Waals surface area contributed by atoms with Crippen molar-refractivity contribution in [3.05, 3.63) is 35.4 Å². The number of benzene rings is 1. The number of rotatable bonds is 3. The number of esters is 1. The maximum atomic E-state index is 11.7. The molecule has 0 aliphatic carbocycles. The van der Waals surface area contributed by atoms with E-state index in [9.17, 15) is 9.90 Å². The number of aliphatic hydroxyl groups is 1. The largest absolute Gasteiger partial charge is 0.465 e. The van der Waals surface area contributed by atoms with Crippen molar-refractivity contribution in [2.75, 3.05) is 7.11 Å².